The van der Waals surface area contributed by atoms with E-state index in [9.17, 15) is 0 Å². The van der Waals surface area contributed by atoms with Gasteiger partial charge in [0.15, 0.2) is 0 Å². The summed E-state index contributed by atoms with van der Waals surface area (Å²) < 4.78 is 0. The Labute approximate surface area is 130 Å². The number of nitrogens with two attached hydrogens (primary N) is 1. The second-order valence-electron chi connectivity index (χ2n) is 6.65. The molecule has 2 atom stereocenters. The normalized spacial score (nSPS) is 22.1. The zero-order chi connectivity index (χ0) is 15.4. The monoisotopic (exact) mass is 289 g/mol. The Bertz CT molecular complexity index is 458. The summed E-state index contributed by atoms with van der Waals surface area (Å²) in [7, 11) is 2.22. The van der Waals surface area contributed by atoms with Crippen LogP contribution >= 0.6 is 0 Å². The third-order valence-electron chi connectivity index (χ3n) is 4.64. The molecule has 0 aliphatic carbocycles. The number of hydrogen-bond donors (Lipinski definition) is 1. The first-order chi connectivity index (χ1) is 10.0. The summed E-state index contributed by atoms with van der Waals surface area (Å²) in [6.45, 7) is 10.2. The maximum absolute atomic E-state index is 6.08. The Morgan fingerprint density at radius 3 is 2.76 bits per heavy atom. The molecule has 0 saturated carbocycles. The van der Waals surface area contributed by atoms with Crippen molar-refractivity contribution in [1.82, 2.24) is 4.90 Å². The molecule has 21 heavy (non-hydrogen) atoms. The fourth-order valence-corrected chi connectivity index (χ4v) is 3.34. The van der Waals surface area contributed by atoms with Crippen LogP contribution in [0.5, 0.6) is 0 Å². The summed E-state index contributed by atoms with van der Waals surface area (Å²) in [5.41, 5.74) is 10.2. The molecular formula is C18H31N3. The third-order valence-corrected chi connectivity index (χ3v) is 4.64. The third kappa shape index (κ3) is 4.21. The molecule has 1 aromatic carbocycles. The van der Waals surface area contributed by atoms with Crippen LogP contribution < -0.4 is 10.6 Å². The first kappa shape index (κ1) is 16.3. The zero-order valence-corrected chi connectivity index (χ0v) is 14.1. The van der Waals surface area contributed by atoms with Crippen molar-refractivity contribution in [3.8, 4) is 0 Å². The van der Waals surface area contributed by atoms with Crippen molar-refractivity contribution in [3.05, 3.63) is 29.3 Å². The number of benzene rings is 1. The molecule has 1 aliphatic heterocycles. The van der Waals surface area contributed by atoms with Crippen molar-refractivity contribution in [3.63, 3.8) is 0 Å². The van der Waals surface area contributed by atoms with Gasteiger partial charge in [-0.15, -0.1) is 0 Å². The molecular weight excluding hydrogens is 258 g/mol. The Morgan fingerprint density at radius 1 is 1.33 bits per heavy atom. The van der Waals surface area contributed by atoms with E-state index in [2.05, 4.69) is 55.8 Å². The summed E-state index contributed by atoms with van der Waals surface area (Å²) in [6, 6.07) is 7.74. The van der Waals surface area contributed by atoms with Gasteiger partial charge in [-0.2, -0.15) is 0 Å². The van der Waals surface area contributed by atoms with Gasteiger partial charge >= 0.3 is 0 Å². The van der Waals surface area contributed by atoms with E-state index in [4.69, 9.17) is 5.73 Å². The van der Waals surface area contributed by atoms with Crippen LogP contribution in [0.4, 0.5) is 5.69 Å². The topological polar surface area (TPSA) is 32.5 Å². The highest BCUT2D eigenvalue weighted by Crippen LogP contribution is 2.25. The van der Waals surface area contributed by atoms with Gasteiger partial charge in [-0.05, 0) is 63.9 Å². The fourth-order valence-electron chi connectivity index (χ4n) is 3.34. The minimum absolute atomic E-state index is 0.279. The number of nitrogens with zero attached hydrogens (tertiary/aromatic N) is 2. The van der Waals surface area contributed by atoms with Crippen LogP contribution in [0.15, 0.2) is 18.2 Å². The number of likely N-dealkylation sites (N-methyl/N-ethyl adjacent to an activating group) is 1. The van der Waals surface area contributed by atoms with E-state index < -0.39 is 0 Å². The number of aryl methyl sites for hydroxylation is 1. The predicted molar refractivity (Wildman–Crippen MR) is 92.1 cm³/mol. The second-order valence-corrected chi connectivity index (χ2v) is 6.65. The number of anilines is 1. The maximum atomic E-state index is 6.08. The van der Waals surface area contributed by atoms with Gasteiger partial charge in [0.05, 0.1) is 0 Å². The van der Waals surface area contributed by atoms with Crippen molar-refractivity contribution >= 4 is 5.69 Å². The summed E-state index contributed by atoms with van der Waals surface area (Å²) in [5.74, 6) is 0. The Hall–Kier alpha value is -1.06. The average Bonchev–Trinajstić information content (AvgIpc) is 2.60. The molecule has 1 heterocycles. The lowest BCUT2D eigenvalue weighted by atomic mass is 10.0. The molecule has 118 valence electrons. The fraction of sp³-hybridized carbons (Fsp3) is 0.667. The second kappa shape index (κ2) is 7.28. The lowest BCUT2D eigenvalue weighted by Gasteiger charge is -2.31. The van der Waals surface area contributed by atoms with Crippen LogP contribution in [-0.2, 0) is 6.42 Å². The first-order valence-corrected chi connectivity index (χ1v) is 8.31. The van der Waals surface area contributed by atoms with E-state index in [1.54, 1.807) is 0 Å². The van der Waals surface area contributed by atoms with Gasteiger partial charge in [-0.1, -0.05) is 19.1 Å². The number of hydrogen-bond acceptors (Lipinski definition) is 3. The van der Waals surface area contributed by atoms with Gasteiger partial charge in [0, 0.05) is 30.9 Å². The highest BCUT2D eigenvalue weighted by atomic mass is 15.2. The maximum Gasteiger partial charge on any atom is 0.0398 e. The van der Waals surface area contributed by atoms with E-state index in [-0.39, 0.29) is 6.04 Å². The van der Waals surface area contributed by atoms with Gasteiger partial charge in [-0.25, -0.2) is 0 Å². The first-order valence-electron chi connectivity index (χ1n) is 8.31. The van der Waals surface area contributed by atoms with E-state index in [0.29, 0.717) is 6.04 Å². The van der Waals surface area contributed by atoms with E-state index >= 15 is 0 Å². The summed E-state index contributed by atoms with van der Waals surface area (Å²) in [5, 5.41) is 0. The van der Waals surface area contributed by atoms with Gasteiger partial charge in [0.2, 0.25) is 0 Å². The highest BCUT2D eigenvalue weighted by Gasteiger charge is 2.21. The molecule has 2 rings (SSSR count). The molecule has 1 aliphatic rings. The predicted octanol–water partition coefficient (Wildman–Crippen LogP) is 2.81. The van der Waals surface area contributed by atoms with Gasteiger partial charge < -0.3 is 15.5 Å². The van der Waals surface area contributed by atoms with E-state index in [1.807, 2.05) is 0 Å². The quantitative estimate of drug-likeness (QED) is 0.925. The molecule has 1 aromatic rings. The lowest BCUT2D eigenvalue weighted by molar-refractivity contribution is 0.337. The highest BCUT2D eigenvalue weighted by molar-refractivity contribution is 5.55. The van der Waals surface area contributed by atoms with Gasteiger partial charge in [0.25, 0.3) is 0 Å². The summed E-state index contributed by atoms with van der Waals surface area (Å²) in [4.78, 5) is 5.01. The van der Waals surface area contributed by atoms with Crippen LogP contribution in [0, 0.1) is 6.92 Å². The molecule has 2 unspecified atom stereocenters. The SMILES string of the molecule is CCC(N)Cc1ccc(N2CCCN(C)CC2C)c(C)c1. The molecule has 2 N–H and O–H groups in total. The van der Waals surface area contributed by atoms with Crippen LogP contribution in [-0.4, -0.2) is 43.7 Å². The molecule has 0 aromatic heterocycles. The smallest absolute Gasteiger partial charge is 0.0398 e. The molecule has 0 bridgehead atoms. The van der Waals surface area contributed by atoms with Crippen LogP contribution in [0.3, 0.4) is 0 Å². The lowest BCUT2D eigenvalue weighted by Crippen LogP contribution is -2.38. The average molecular weight is 289 g/mol. The minimum atomic E-state index is 0.279. The molecule has 0 spiro atoms. The molecule has 1 saturated heterocycles. The number of rotatable bonds is 4. The minimum Gasteiger partial charge on any atom is -0.367 e. The molecule has 3 nitrogen and oxygen atoms in total. The Balaban J connectivity index is 2.16. The van der Waals surface area contributed by atoms with Crippen molar-refractivity contribution in [2.75, 3.05) is 31.6 Å². The summed E-state index contributed by atoms with van der Waals surface area (Å²) in [6.07, 6.45) is 3.26. The Kier molecular flexibility index (Phi) is 5.65. The largest absolute Gasteiger partial charge is 0.367 e. The van der Waals surface area contributed by atoms with Crippen LogP contribution in [0.1, 0.15) is 37.8 Å². The van der Waals surface area contributed by atoms with Gasteiger partial charge in [-0.3, -0.25) is 0 Å². The van der Waals surface area contributed by atoms with Crippen LogP contribution in [0.2, 0.25) is 0 Å². The van der Waals surface area contributed by atoms with Gasteiger partial charge in [0.1, 0.15) is 0 Å². The molecule has 0 radical (unpaired) electrons. The standard InChI is InChI=1S/C18H31N3/c1-5-17(19)12-16-7-8-18(14(2)11-16)21-10-6-9-20(4)13-15(21)3/h7-8,11,15,17H,5-6,9-10,12-13,19H2,1-4H3. The Morgan fingerprint density at radius 2 is 2.10 bits per heavy atom. The zero-order valence-electron chi connectivity index (χ0n) is 14.1. The molecule has 3 heteroatoms. The van der Waals surface area contributed by atoms with Crippen molar-refractivity contribution in [1.29, 1.82) is 0 Å². The van der Waals surface area contributed by atoms with E-state index in [1.165, 1.54) is 29.8 Å². The summed E-state index contributed by atoms with van der Waals surface area (Å²) >= 11 is 0. The molecule has 0 amide bonds. The molecule has 1 fully saturated rings. The van der Waals surface area contributed by atoms with Crippen LogP contribution in [0.25, 0.3) is 0 Å². The van der Waals surface area contributed by atoms with Crippen molar-refractivity contribution < 1.29 is 0 Å². The van der Waals surface area contributed by atoms with Crippen molar-refractivity contribution in [2.24, 2.45) is 5.73 Å². The van der Waals surface area contributed by atoms with E-state index in [0.717, 1.165) is 25.9 Å². The van der Waals surface area contributed by atoms with Crippen molar-refractivity contribution in [2.45, 2.75) is 52.1 Å².